The molecule has 0 bridgehead atoms. The van der Waals surface area contributed by atoms with Crippen molar-refractivity contribution in [3.8, 4) is 0 Å². The standard InChI is InChI=1S/C8H14O3/c1-3-11-8(10)7(2)5-4-6-9/h6-7H,3-5H2,1-2H3/t7-/m0/s1. The van der Waals surface area contributed by atoms with Crippen molar-refractivity contribution in [2.24, 2.45) is 5.92 Å². The molecule has 3 nitrogen and oxygen atoms in total. The molecule has 0 heterocycles. The highest BCUT2D eigenvalue weighted by Gasteiger charge is 2.12. The minimum absolute atomic E-state index is 0.153. The molecule has 0 aromatic heterocycles. The van der Waals surface area contributed by atoms with Gasteiger partial charge in [-0.1, -0.05) is 6.92 Å². The Balaban J connectivity index is 3.54. The molecule has 0 aliphatic rings. The number of carbonyl (C=O) groups excluding carboxylic acids is 2. The van der Waals surface area contributed by atoms with Crippen LogP contribution in [-0.2, 0) is 14.3 Å². The van der Waals surface area contributed by atoms with Crippen LogP contribution in [0.2, 0.25) is 0 Å². The quantitative estimate of drug-likeness (QED) is 0.445. The Hall–Kier alpha value is -0.860. The summed E-state index contributed by atoms with van der Waals surface area (Å²) in [6.45, 7) is 3.94. The normalized spacial score (nSPS) is 12.2. The lowest BCUT2D eigenvalue weighted by molar-refractivity contribution is -0.147. The van der Waals surface area contributed by atoms with E-state index in [2.05, 4.69) is 0 Å². The van der Waals surface area contributed by atoms with Crippen molar-refractivity contribution in [3.05, 3.63) is 0 Å². The second-order valence-corrected chi connectivity index (χ2v) is 2.40. The lowest BCUT2D eigenvalue weighted by atomic mass is 10.1. The third-order valence-corrected chi connectivity index (χ3v) is 1.41. The average Bonchev–Trinajstić information content (AvgIpc) is 2.00. The van der Waals surface area contributed by atoms with E-state index in [-0.39, 0.29) is 11.9 Å². The molecule has 3 heteroatoms. The van der Waals surface area contributed by atoms with Crippen LogP contribution in [-0.4, -0.2) is 18.9 Å². The number of ether oxygens (including phenoxy) is 1. The molecule has 0 spiro atoms. The molecule has 64 valence electrons. The predicted octanol–water partition coefficient (Wildman–Crippen LogP) is 1.16. The zero-order valence-electron chi connectivity index (χ0n) is 7.00. The van der Waals surface area contributed by atoms with Gasteiger partial charge < -0.3 is 9.53 Å². The fraction of sp³-hybridized carbons (Fsp3) is 0.750. The van der Waals surface area contributed by atoms with Gasteiger partial charge in [0.2, 0.25) is 0 Å². The fourth-order valence-electron chi connectivity index (χ4n) is 0.720. The second-order valence-electron chi connectivity index (χ2n) is 2.40. The van der Waals surface area contributed by atoms with Crippen molar-refractivity contribution in [2.75, 3.05) is 6.61 Å². The Bertz CT molecular complexity index is 131. The lowest BCUT2D eigenvalue weighted by Gasteiger charge is -2.07. The first kappa shape index (κ1) is 10.1. The van der Waals surface area contributed by atoms with E-state index < -0.39 is 0 Å². The highest BCUT2D eigenvalue weighted by atomic mass is 16.5. The van der Waals surface area contributed by atoms with E-state index in [1.807, 2.05) is 0 Å². The maximum absolute atomic E-state index is 10.9. The van der Waals surface area contributed by atoms with Crippen molar-refractivity contribution < 1.29 is 14.3 Å². The number of hydrogen-bond acceptors (Lipinski definition) is 3. The SMILES string of the molecule is CCOC(=O)[C@@H](C)CCC=O. The van der Waals surface area contributed by atoms with Gasteiger partial charge in [0.25, 0.3) is 0 Å². The van der Waals surface area contributed by atoms with E-state index in [9.17, 15) is 9.59 Å². The summed E-state index contributed by atoms with van der Waals surface area (Å²) in [6, 6.07) is 0. The summed E-state index contributed by atoms with van der Waals surface area (Å²) in [5.74, 6) is -0.366. The van der Waals surface area contributed by atoms with Crippen LogP contribution in [0.3, 0.4) is 0 Å². The van der Waals surface area contributed by atoms with Gasteiger partial charge >= 0.3 is 5.97 Å². The van der Waals surface area contributed by atoms with Crippen molar-refractivity contribution in [3.63, 3.8) is 0 Å². The number of rotatable bonds is 5. The second kappa shape index (κ2) is 5.89. The number of aldehydes is 1. The van der Waals surface area contributed by atoms with Gasteiger partial charge in [0.15, 0.2) is 0 Å². The maximum Gasteiger partial charge on any atom is 0.308 e. The largest absolute Gasteiger partial charge is 0.466 e. The minimum atomic E-state index is -0.214. The number of esters is 1. The van der Waals surface area contributed by atoms with Crippen LogP contribution in [0.1, 0.15) is 26.7 Å². The van der Waals surface area contributed by atoms with Crippen LogP contribution in [0.5, 0.6) is 0 Å². The highest BCUT2D eigenvalue weighted by Crippen LogP contribution is 2.05. The Morgan fingerprint density at radius 3 is 2.73 bits per heavy atom. The smallest absolute Gasteiger partial charge is 0.308 e. The van der Waals surface area contributed by atoms with Crippen molar-refractivity contribution in [1.29, 1.82) is 0 Å². The average molecular weight is 158 g/mol. The van der Waals surface area contributed by atoms with Gasteiger partial charge in [-0.25, -0.2) is 0 Å². The van der Waals surface area contributed by atoms with Gasteiger partial charge in [-0.05, 0) is 13.3 Å². The molecule has 0 radical (unpaired) electrons. The molecular weight excluding hydrogens is 144 g/mol. The van der Waals surface area contributed by atoms with Crippen LogP contribution in [0.25, 0.3) is 0 Å². The van der Waals surface area contributed by atoms with Gasteiger partial charge in [0.1, 0.15) is 6.29 Å². The summed E-state index contributed by atoms with van der Waals surface area (Å²) in [6.07, 6.45) is 1.83. The molecule has 0 saturated heterocycles. The first-order valence-electron chi connectivity index (χ1n) is 3.82. The van der Waals surface area contributed by atoms with E-state index in [1.54, 1.807) is 13.8 Å². The number of hydrogen-bond donors (Lipinski definition) is 0. The Morgan fingerprint density at radius 2 is 2.27 bits per heavy atom. The van der Waals surface area contributed by atoms with E-state index >= 15 is 0 Å². The number of carbonyl (C=O) groups is 2. The molecule has 0 aromatic rings. The fourth-order valence-corrected chi connectivity index (χ4v) is 0.720. The zero-order chi connectivity index (χ0) is 8.69. The van der Waals surface area contributed by atoms with Gasteiger partial charge in [0, 0.05) is 6.42 Å². The van der Waals surface area contributed by atoms with E-state index in [4.69, 9.17) is 4.74 Å². The molecule has 0 aliphatic heterocycles. The molecule has 0 unspecified atom stereocenters. The van der Waals surface area contributed by atoms with E-state index in [0.717, 1.165) is 6.29 Å². The summed E-state index contributed by atoms with van der Waals surface area (Å²) in [7, 11) is 0. The van der Waals surface area contributed by atoms with Crippen LogP contribution in [0.15, 0.2) is 0 Å². The molecule has 0 aromatic carbocycles. The summed E-state index contributed by atoms with van der Waals surface area (Å²) >= 11 is 0. The Kier molecular flexibility index (Phi) is 5.43. The predicted molar refractivity (Wildman–Crippen MR) is 41.1 cm³/mol. The third-order valence-electron chi connectivity index (χ3n) is 1.41. The zero-order valence-corrected chi connectivity index (χ0v) is 7.00. The van der Waals surface area contributed by atoms with Gasteiger partial charge in [-0.15, -0.1) is 0 Å². The topological polar surface area (TPSA) is 43.4 Å². The summed E-state index contributed by atoms with van der Waals surface area (Å²) < 4.78 is 4.75. The summed E-state index contributed by atoms with van der Waals surface area (Å²) in [5.41, 5.74) is 0. The van der Waals surface area contributed by atoms with Crippen molar-refractivity contribution in [1.82, 2.24) is 0 Å². The van der Waals surface area contributed by atoms with Crippen LogP contribution < -0.4 is 0 Å². The summed E-state index contributed by atoms with van der Waals surface area (Å²) in [4.78, 5) is 20.8. The highest BCUT2D eigenvalue weighted by molar-refractivity contribution is 5.72. The van der Waals surface area contributed by atoms with Crippen molar-refractivity contribution in [2.45, 2.75) is 26.7 Å². The van der Waals surface area contributed by atoms with Gasteiger partial charge in [0.05, 0.1) is 12.5 Å². The van der Waals surface area contributed by atoms with E-state index in [1.165, 1.54) is 0 Å². The van der Waals surface area contributed by atoms with Crippen LogP contribution in [0, 0.1) is 5.92 Å². The molecule has 0 saturated carbocycles. The molecule has 0 N–H and O–H groups in total. The Labute approximate surface area is 66.7 Å². The van der Waals surface area contributed by atoms with Crippen LogP contribution >= 0.6 is 0 Å². The lowest BCUT2D eigenvalue weighted by Crippen LogP contribution is -2.14. The Morgan fingerprint density at radius 1 is 1.64 bits per heavy atom. The summed E-state index contributed by atoms with van der Waals surface area (Å²) in [5, 5.41) is 0. The molecule has 1 atom stereocenters. The molecule has 0 aliphatic carbocycles. The van der Waals surface area contributed by atoms with Crippen molar-refractivity contribution >= 4 is 12.3 Å². The first-order valence-corrected chi connectivity index (χ1v) is 3.82. The third kappa shape index (κ3) is 4.53. The molecule has 0 amide bonds. The molecular formula is C8H14O3. The molecule has 0 fully saturated rings. The molecule has 11 heavy (non-hydrogen) atoms. The monoisotopic (exact) mass is 158 g/mol. The maximum atomic E-state index is 10.9. The minimum Gasteiger partial charge on any atom is -0.466 e. The van der Waals surface area contributed by atoms with Gasteiger partial charge in [-0.2, -0.15) is 0 Å². The van der Waals surface area contributed by atoms with Gasteiger partial charge in [-0.3, -0.25) is 4.79 Å². The first-order chi connectivity index (χ1) is 5.22. The van der Waals surface area contributed by atoms with E-state index in [0.29, 0.717) is 19.4 Å². The molecule has 0 rings (SSSR count). The van der Waals surface area contributed by atoms with Crippen LogP contribution in [0.4, 0.5) is 0 Å².